The monoisotopic (exact) mass is 332 g/mol. The van der Waals surface area contributed by atoms with Crippen molar-refractivity contribution in [1.82, 2.24) is 15.1 Å². The van der Waals surface area contributed by atoms with Crippen LogP contribution >= 0.6 is 0 Å². The van der Waals surface area contributed by atoms with E-state index in [0.717, 1.165) is 18.5 Å². The molecule has 0 bridgehead atoms. The number of aliphatic hydroxyl groups excluding tert-OH is 1. The van der Waals surface area contributed by atoms with Crippen molar-refractivity contribution in [3.63, 3.8) is 0 Å². The van der Waals surface area contributed by atoms with E-state index in [1.165, 1.54) is 18.6 Å². The number of amides is 2. The Morgan fingerprint density at radius 2 is 2.21 bits per heavy atom. The van der Waals surface area contributed by atoms with Crippen molar-refractivity contribution in [2.45, 2.75) is 31.3 Å². The van der Waals surface area contributed by atoms with E-state index in [1.807, 2.05) is 6.07 Å². The van der Waals surface area contributed by atoms with Crippen molar-refractivity contribution in [3.8, 4) is 0 Å². The highest BCUT2D eigenvalue weighted by atomic mass is 19.1. The molecular formula is C17H21FN4O2. The fraction of sp³-hybridized carbons (Fsp3) is 0.412. The Kier molecular flexibility index (Phi) is 4.80. The Morgan fingerprint density at radius 1 is 1.46 bits per heavy atom. The van der Waals surface area contributed by atoms with Gasteiger partial charge in [-0.05, 0) is 18.9 Å². The maximum Gasteiger partial charge on any atom is 0.320 e. The normalized spacial score (nSPS) is 15.6. The molecule has 1 aromatic heterocycles. The van der Waals surface area contributed by atoms with Crippen molar-refractivity contribution in [2.24, 2.45) is 7.05 Å². The molecule has 2 aromatic rings. The van der Waals surface area contributed by atoms with Crippen molar-refractivity contribution >= 4 is 11.8 Å². The second-order valence-electron chi connectivity index (χ2n) is 6.08. The highest BCUT2D eigenvalue weighted by Gasteiger charge is 2.23. The van der Waals surface area contributed by atoms with E-state index in [2.05, 4.69) is 15.7 Å². The molecule has 0 spiro atoms. The third kappa shape index (κ3) is 3.56. The van der Waals surface area contributed by atoms with Crippen molar-refractivity contribution in [1.29, 1.82) is 0 Å². The minimum atomic E-state index is -1.10. The molecule has 1 fully saturated rings. The lowest BCUT2D eigenvalue weighted by Gasteiger charge is -2.22. The summed E-state index contributed by atoms with van der Waals surface area (Å²) in [4.78, 5) is 12.0. The van der Waals surface area contributed by atoms with Crippen molar-refractivity contribution in [2.75, 3.05) is 11.9 Å². The number of benzene rings is 1. The molecule has 1 unspecified atom stereocenters. The molecule has 3 rings (SSSR count). The number of carbonyl (C=O) groups excluding carboxylic acids is 1. The molecule has 24 heavy (non-hydrogen) atoms. The number of rotatable bonds is 5. The number of aliphatic hydroxyl groups is 1. The van der Waals surface area contributed by atoms with Crippen LogP contribution in [0.5, 0.6) is 0 Å². The number of urea groups is 1. The van der Waals surface area contributed by atoms with Gasteiger partial charge in [0, 0.05) is 31.1 Å². The molecule has 1 aromatic carbocycles. The topological polar surface area (TPSA) is 79.2 Å². The number of carbonyl (C=O) groups is 1. The molecule has 0 saturated heterocycles. The summed E-state index contributed by atoms with van der Waals surface area (Å²) in [5.74, 6) is 0.580. The smallest absolute Gasteiger partial charge is 0.320 e. The fourth-order valence-corrected chi connectivity index (χ4v) is 2.72. The highest BCUT2D eigenvalue weighted by molar-refractivity contribution is 5.88. The van der Waals surface area contributed by atoms with Gasteiger partial charge >= 0.3 is 6.03 Å². The van der Waals surface area contributed by atoms with Crippen LogP contribution in [0.4, 0.5) is 15.0 Å². The summed E-state index contributed by atoms with van der Waals surface area (Å²) < 4.78 is 15.2. The molecular weight excluding hydrogens is 311 g/mol. The second-order valence-corrected chi connectivity index (χ2v) is 6.08. The van der Waals surface area contributed by atoms with Crippen LogP contribution in [0, 0.1) is 5.82 Å². The summed E-state index contributed by atoms with van der Waals surface area (Å²) in [6.07, 6.45) is 2.39. The molecule has 0 radical (unpaired) electrons. The van der Waals surface area contributed by atoms with Gasteiger partial charge in [-0.25, -0.2) is 9.18 Å². The number of halogens is 1. The van der Waals surface area contributed by atoms with E-state index >= 15 is 0 Å². The Balaban J connectivity index is 1.54. The van der Waals surface area contributed by atoms with E-state index in [1.54, 1.807) is 23.9 Å². The second kappa shape index (κ2) is 7.00. The van der Waals surface area contributed by atoms with Crippen LogP contribution in [0.3, 0.4) is 0 Å². The minimum absolute atomic E-state index is 0.0832. The number of anilines is 1. The van der Waals surface area contributed by atoms with E-state index in [4.69, 9.17) is 0 Å². The predicted octanol–water partition coefficient (Wildman–Crippen LogP) is 2.68. The maximum absolute atomic E-state index is 13.6. The standard InChI is InChI=1S/C17H21FN4O2/c1-22-16(9-14(21-22)11-5-4-6-11)20-17(24)19-10-15(23)12-7-2-3-8-13(12)18/h2-3,7-9,11,15,23H,4-6,10H2,1H3,(H2,19,20,24). The summed E-state index contributed by atoms with van der Waals surface area (Å²) in [5, 5.41) is 19.6. The summed E-state index contributed by atoms with van der Waals surface area (Å²) in [6.45, 7) is -0.0832. The first-order valence-electron chi connectivity index (χ1n) is 8.06. The molecule has 1 atom stereocenters. The first kappa shape index (κ1) is 16.4. The van der Waals surface area contributed by atoms with Crippen LogP contribution in [0.25, 0.3) is 0 Å². The zero-order valence-electron chi connectivity index (χ0n) is 13.5. The van der Waals surface area contributed by atoms with Crippen LogP contribution in [0.15, 0.2) is 30.3 Å². The average molecular weight is 332 g/mol. The molecule has 7 heteroatoms. The zero-order valence-corrected chi connectivity index (χ0v) is 13.5. The third-order valence-electron chi connectivity index (χ3n) is 4.38. The van der Waals surface area contributed by atoms with Gasteiger partial charge in [0.1, 0.15) is 11.6 Å². The lowest BCUT2D eigenvalue weighted by Crippen LogP contribution is -2.33. The third-order valence-corrected chi connectivity index (χ3v) is 4.38. The molecule has 6 nitrogen and oxygen atoms in total. The van der Waals surface area contributed by atoms with Gasteiger partial charge in [0.25, 0.3) is 0 Å². The largest absolute Gasteiger partial charge is 0.386 e. The summed E-state index contributed by atoms with van der Waals surface area (Å²) in [5.41, 5.74) is 1.15. The van der Waals surface area contributed by atoms with Gasteiger partial charge in [-0.15, -0.1) is 0 Å². The van der Waals surface area contributed by atoms with Crippen LogP contribution < -0.4 is 10.6 Å². The summed E-state index contributed by atoms with van der Waals surface area (Å²) in [6, 6.07) is 7.36. The SMILES string of the molecule is Cn1nc(C2CCC2)cc1NC(=O)NCC(O)c1ccccc1F. The maximum atomic E-state index is 13.6. The van der Waals surface area contributed by atoms with Gasteiger partial charge in [0.15, 0.2) is 0 Å². The molecule has 1 saturated carbocycles. The van der Waals surface area contributed by atoms with Gasteiger partial charge in [0.2, 0.25) is 0 Å². The first-order valence-corrected chi connectivity index (χ1v) is 8.06. The quantitative estimate of drug-likeness (QED) is 0.787. The Bertz CT molecular complexity index is 727. The Morgan fingerprint density at radius 3 is 2.88 bits per heavy atom. The van der Waals surface area contributed by atoms with E-state index in [0.29, 0.717) is 11.7 Å². The molecule has 2 amide bonds. The average Bonchev–Trinajstić information content (AvgIpc) is 2.84. The van der Waals surface area contributed by atoms with Gasteiger partial charge in [0.05, 0.1) is 11.8 Å². The minimum Gasteiger partial charge on any atom is -0.386 e. The molecule has 3 N–H and O–H groups in total. The summed E-state index contributed by atoms with van der Waals surface area (Å²) >= 11 is 0. The van der Waals surface area contributed by atoms with Crippen molar-refractivity contribution < 1.29 is 14.3 Å². The van der Waals surface area contributed by atoms with Crippen molar-refractivity contribution in [3.05, 3.63) is 47.4 Å². The number of aryl methyl sites for hydroxylation is 1. The predicted molar refractivity (Wildman–Crippen MR) is 88.2 cm³/mol. The molecule has 128 valence electrons. The van der Waals surface area contributed by atoms with Crippen LogP contribution in [0.1, 0.15) is 42.5 Å². The van der Waals surface area contributed by atoms with Gasteiger partial charge < -0.3 is 10.4 Å². The molecule has 1 heterocycles. The Labute approximate surface area is 139 Å². The van der Waals surface area contributed by atoms with Crippen LogP contribution in [-0.2, 0) is 7.05 Å². The van der Waals surface area contributed by atoms with E-state index in [-0.39, 0.29) is 12.1 Å². The molecule has 0 aliphatic heterocycles. The number of hydrogen-bond acceptors (Lipinski definition) is 3. The fourth-order valence-electron chi connectivity index (χ4n) is 2.72. The first-order chi connectivity index (χ1) is 11.5. The van der Waals surface area contributed by atoms with Crippen LogP contribution in [-0.4, -0.2) is 27.5 Å². The number of nitrogens with one attached hydrogen (secondary N) is 2. The highest BCUT2D eigenvalue weighted by Crippen LogP contribution is 2.36. The summed E-state index contributed by atoms with van der Waals surface area (Å²) in [7, 11) is 1.77. The zero-order chi connectivity index (χ0) is 17.1. The number of hydrogen-bond donors (Lipinski definition) is 3. The van der Waals surface area contributed by atoms with Gasteiger partial charge in [-0.3, -0.25) is 10.00 Å². The van der Waals surface area contributed by atoms with E-state index in [9.17, 15) is 14.3 Å². The molecule has 1 aliphatic carbocycles. The lowest BCUT2D eigenvalue weighted by atomic mass is 9.83. The lowest BCUT2D eigenvalue weighted by molar-refractivity contribution is 0.170. The van der Waals surface area contributed by atoms with Gasteiger partial charge in [-0.1, -0.05) is 24.6 Å². The Hall–Kier alpha value is -2.41. The van der Waals surface area contributed by atoms with Gasteiger partial charge in [-0.2, -0.15) is 5.10 Å². The van der Waals surface area contributed by atoms with Crippen LogP contribution in [0.2, 0.25) is 0 Å². The number of aromatic nitrogens is 2. The van der Waals surface area contributed by atoms with E-state index < -0.39 is 18.0 Å². The number of nitrogens with zero attached hydrogens (tertiary/aromatic N) is 2. The molecule has 1 aliphatic rings.